The fraction of sp³-hybridized carbons (Fsp3) is 0.188. The van der Waals surface area contributed by atoms with E-state index in [1.54, 1.807) is 13.0 Å². The summed E-state index contributed by atoms with van der Waals surface area (Å²) in [6.45, 7) is 3.09. The van der Waals surface area contributed by atoms with Crippen LogP contribution in [0.3, 0.4) is 0 Å². The molecule has 0 saturated heterocycles. The molecule has 0 heterocycles. The zero-order chi connectivity index (χ0) is 18.6. The molecule has 25 heavy (non-hydrogen) atoms. The van der Waals surface area contributed by atoms with E-state index in [-0.39, 0.29) is 22.8 Å². The predicted molar refractivity (Wildman–Crippen MR) is 89.6 cm³/mol. The average Bonchev–Trinajstić information content (AvgIpc) is 2.56. The molecule has 1 unspecified atom stereocenters. The fourth-order valence-corrected chi connectivity index (χ4v) is 2.08. The van der Waals surface area contributed by atoms with Crippen LogP contribution in [0.5, 0.6) is 5.75 Å². The number of rotatable bonds is 6. The topological polar surface area (TPSA) is 125 Å². The van der Waals surface area contributed by atoms with E-state index < -0.39 is 21.9 Å². The number of nitro groups is 2. The van der Waals surface area contributed by atoms with E-state index in [1.807, 2.05) is 0 Å². The van der Waals surface area contributed by atoms with Crippen LogP contribution in [0.2, 0.25) is 0 Å². The molecule has 0 aliphatic rings. The molecular weight excluding hydrogens is 330 g/mol. The molecule has 0 aliphatic heterocycles. The van der Waals surface area contributed by atoms with Crippen LogP contribution in [0, 0.1) is 27.2 Å². The fourth-order valence-electron chi connectivity index (χ4n) is 2.08. The maximum atomic E-state index is 12.2. The highest BCUT2D eigenvalue weighted by Crippen LogP contribution is 2.28. The van der Waals surface area contributed by atoms with Gasteiger partial charge in [0.1, 0.15) is 5.69 Å². The van der Waals surface area contributed by atoms with Gasteiger partial charge in [-0.2, -0.15) is 0 Å². The van der Waals surface area contributed by atoms with Crippen LogP contribution in [-0.2, 0) is 4.79 Å². The van der Waals surface area contributed by atoms with Gasteiger partial charge in [0.25, 0.3) is 11.6 Å². The minimum absolute atomic E-state index is 0.0265. The number of ether oxygens (including phenoxy) is 1. The second-order valence-corrected chi connectivity index (χ2v) is 5.25. The van der Waals surface area contributed by atoms with Gasteiger partial charge in [-0.1, -0.05) is 18.2 Å². The summed E-state index contributed by atoms with van der Waals surface area (Å²) in [5.41, 5.74) is 0.183. The predicted octanol–water partition coefficient (Wildman–Crippen LogP) is 3.22. The second kappa shape index (κ2) is 7.39. The molecule has 1 atom stereocenters. The van der Waals surface area contributed by atoms with E-state index in [1.165, 1.54) is 43.3 Å². The summed E-state index contributed by atoms with van der Waals surface area (Å²) in [6.07, 6.45) is -1.10. The summed E-state index contributed by atoms with van der Waals surface area (Å²) < 4.78 is 5.34. The number of nitrogens with one attached hydrogen (secondary N) is 1. The van der Waals surface area contributed by atoms with Crippen molar-refractivity contribution >= 4 is 23.0 Å². The molecule has 2 aromatic rings. The Labute approximate surface area is 142 Å². The first-order valence-electron chi connectivity index (χ1n) is 7.25. The first-order chi connectivity index (χ1) is 11.8. The van der Waals surface area contributed by atoms with Gasteiger partial charge < -0.3 is 10.1 Å². The van der Waals surface area contributed by atoms with Crippen LogP contribution in [0.15, 0.2) is 42.5 Å². The molecular formula is C16H15N3O6. The number of hydrogen-bond acceptors (Lipinski definition) is 6. The summed E-state index contributed by atoms with van der Waals surface area (Å²) in [5, 5.41) is 24.5. The van der Waals surface area contributed by atoms with Crippen LogP contribution < -0.4 is 10.1 Å². The number of hydrogen-bond donors (Lipinski definition) is 1. The zero-order valence-electron chi connectivity index (χ0n) is 13.5. The van der Waals surface area contributed by atoms with Crippen LogP contribution in [-0.4, -0.2) is 21.9 Å². The SMILES string of the molecule is Cc1ccc(NC(=O)C(C)Oc2ccccc2[N+](=O)[O-])c([N+](=O)[O-])c1. The molecule has 0 aliphatic carbocycles. The normalized spacial score (nSPS) is 11.4. The Balaban J connectivity index is 2.17. The lowest BCUT2D eigenvalue weighted by molar-refractivity contribution is -0.386. The second-order valence-electron chi connectivity index (χ2n) is 5.25. The monoisotopic (exact) mass is 345 g/mol. The standard InChI is InChI=1S/C16H15N3O6/c1-10-7-8-12(14(9-10)19(23)24)17-16(20)11(2)25-15-6-4-3-5-13(15)18(21)22/h3-9,11H,1-2H3,(H,17,20). The lowest BCUT2D eigenvalue weighted by Crippen LogP contribution is -2.30. The molecule has 2 aromatic carbocycles. The quantitative estimate of drug-likeness (QED) is 0.633. The largest absolute Gasteiger partial charge is 0.474 e. The van der Waals surface area contributed by atoms with Gasteiger partial charge in [0.05, 0.1) is 9.85 Å². The van der Waals surface area contributed by atoms with Crippen molar-refractivity contribution in [3.8, 4) is 5.75 Å². The summed E-state index contributed by atoms with van der Waals surface area (Å²) in [4.78, 5) is 33.1. The number of carbonyl (C=O) groups excluding carboxylic acids is 1. The van der Waals surface area contributed by atoms with Gasteiger partial charge in [-0.25, -0.2) is 0 Å². The number of anilines is 1. The molecule has 1 amide bonds. The number of carbonyl (C=O) groups is 1. The highest BCUT2D eigenvalue weighted by atomic mass is 16.6. The summed E-state index contributed by atoms with van der Waals surface area (Å²) in [7, 11) is 0. The molecule has 1 N–H and O–H groups in total. The Morgan fingerprint density at radius 3 is 2.36 bits per heavy atom. The third-order valence-electron chi connectivity index (χ3n) is 3.34. The smallest absolute Gasteiger partial charge is 0.310 e. The van der Waals surface area contributed by atoms with Gasteiger partial charge in [-0.15, -0.1) is 0 Å². The number of aryl methyl sites for hydroxylation is 1. The number of para-hydroxylation sites is 2. The van der Waals surface area contributed by atoms with Crippen LogP contribution in [0.1, 0.15) is 12.5 Å². The molecule has 0 fully saturated rings. The lowest BCUT2D eigenvalue weighted by atomic mass is 10.2. The Bertz CT molecular complexity index is 836. The molecule has 9 nitrogen and oxygen atoms in total. The van der Waals surface area contributed by atoms with E-state index in [2.05, 4.69) is 5.32 Å². The third kappa shape index (κ3) is 4.28. The van der Waals surface area contributed by atoms with E-state index in [4.69, 9.17) is 4.74 Å². The van der Waals surface area contributed by atoms with Gasteiger partial charge in [0.2, 0.25) is 0 Å². The van der Waals surface area contributed by atoms with Crippen LogP contribution in [0.4, 0.5) is 17.1 Å². The molecule has 9 heteroatoms. The van der Waals surface area contributed by atoms with Gasteiger partial charge >= 0.3 is 5.69 Å². The first kappa shape index (κ1) is 17.9. The Morgan fingerprint density at radius 1 is 1.08 bits per heavy atom. The molecule has 0 radical (unpaired) electrons. The Kier molecular flexibility index (Phi) is 5.28. The minimum atomic E-state index is -1.10. The van der Waals surface area contributed by atoms with Gasteiger partial charge in [0.15, 0.2) is 11.9 Å². The van der Waals surface area contributed by atoms with Gasteiger partial charge in [0, 0.05) is 12.1 Å². The lowest BCUT2D eigenvalue weighted by Gasteiger charge is -2.15. The van der Waals surface area contributed by atoms with Crippen LogP contribution in [0.25, 0.3) is 0 Å². The minimum Gasteiger partial charge on any atom is -0.474 e. The van der Waals surface area contributed by atoms with E-state index in [9.17, 15) is 25.0 Å². The van der Waals surface area contributed by atoms with Crippen molar-refractivity contribution in [3.63, 3.8) is 0 Å². The van der Waals surface area contributed by atoms with Crippen LogP contribution >= 0.6 is 0 Å². The highest BCUT2D eigenvalue weighted by molar-refractivity contribution is 5.96. The number of benzene rings is 2. The van der Waals surface area contributed by atoms with Crippen molar-refractivity contribution < 1.29 is 19.4 Å². The molecule has 0 saturated carbocycles. The maximum Gasteiger partial charge on any atom is 0.310 e. The van der Waals surface area contributed by atoms with Crippen molar-refractivity contribution in [2.24, 2.45) is 0 Å². The van der Waals surface area contributed by atoms with Crippen molar-refractivity contribution in [2.75, 3.05) is 5.32 Å². The molecule has 0 bridgehead atoms. The van der Waals surface area contributed by atoms with Crippen molar-refractivity contribution in [1.82, 2.24) is 0 Å². The number of nitrogens with zero attached hydrogens (tertiary/aromatic N) is 2. The van der Waals surface area contributed by atoms with E-state index in [0.717, 1.165) is 0 Å². The molecule has 2 rings (SSSR count). The van der Waals surface area contributed by atoms with E-state index in [0.29, 0.717) is 5.56 Å². The van der Waals surface area contributed by atoms with Crippen molar-refractivity contribution in [1.29, 1.82) is 0 Å². The summed E-state index contributed by atoms with van der Waals surface area (Å²) >= 11 is 0. The molecule has 0 spiro atoms. The Hall–Kier alpha value is -3.49. The highest BCUT2D eigenvalue weighted by Gasteiger charge is 2.23. The zero-order valence-corrected chi connectivity index (χ0v) is 13.5. The van der Waals surface area contributed by atoms with Gasteiger partial charge in [-0.05, 0) is 31.5 Å². The molecule has 0 aromatic heterocycles. The Morgan fingerprint density at radius 2 is 1.72 bits per heavy atom. The number of amides is 1. The van der Waals surface area contributed by atoms with Crippen molar-refractivity contribution in [2.45, 2.75) is 20.0 Å². The average molecular weight is 345 g/mol. The van der Waals surface area contributed by atoms with E-state index >= 15 is 0 Å². The number of nitro benzene ring substituents is 2. The molecule has 130 valence electrons. The maximum absolute atomic E-state index is 12.2. The van der Waals surface area contributed by atoms with Gasteiger partial charge in [-0.3, -0.25) is 25.0 Å². The summed E-state index contributed by atoms with van der Waals surface area (Å²) in [5.74, 6) is -0.723. The summed E-state index contributed by atoms with van der Waals surface area (Å²) in [6, 6.07) is 10.0. The van der Waals surface area contributed by atoms with Crippen molar-refractivity contribution in [3.05, 3.63) is 68.3 Å². The first-order valence-corrected chi connectivity index (χ1v) is 7.25. The third-order valence-corrected chi connectivity index (χ3v) is 3.34.